The van der Waals surface area contributed by atoms with Crippen molar-refractivity contribution >= 4 is 17.1 Å². The van der Waals surface area contributed by atoms with Crippen LogP contribution in [-0.4, -0.2) is 29.1 Å². The van der Waals surface area contributed by atoms with E-state index >= 15 is 0 Å². The van der Waals surface area contributed by atoms with Crippen LogP contribution in [0.2, 0.25) is 0 Å². The first-order valence-electron chi connectivity index (χ1n) is 9.96. The number of nitrogens with zero attached hydrogens (tertiary/aromatic N) is 4. The van der Waals surface area contributed by atoms with Gasteiger partial charge in [-0.2, -0.15) is 13.2 Å². The molecule has 1 aliphatic heterocycles. The van der Waals surface area contributed by atoms with Crippen LogP contribution in [0.1, 0.15) is 24.1 Å². The number of alkyl halides is 3. The van der Waals surface area contributed by atoms with Gasteiger partial charge in [0.15, 0.2) is 0 Å². The molecule has 7 heteroatoms. The Hall–Kier alpha value is -3.09. The summed E-state index contributed by atoms with van der Waals surface area (Å²) in [6.45, 7) is 3.67. The van der Waals surface area contributed by atoms with Gasteiger partial charge in [-0.3, -0.25) is 9.97 Å². The quantitative estimate of drug-likeness (QED) is 0.558. The van der Waals surface area contributed by atoms with Crippen LogP contribution in [0.25, 0.3) is 0 Å². The number of piperidine rings is 1. The van der Waals surface area contributed by atoms with E-state index in [1.807, 2.05) is 31.3 Å². The number of aromatic nitrogens is 2. The Balaban J connectivity index is 1.56. The Bertz CT molecular complexity index is 948. The molecule has 0 aliphatic carbocycles. The fourth-order valence-electron chi connectivity index (χ4n) is 3.91. The van der Waals surface area contributed by atoms with Crippen LogP contribution in [-0.2, 0) is 6.18 Å². The van der Waals surface area contributed by atoms with Crippen LogP contribution in [0, 0.1) is 6.92 Å². The monoisotopic (exact) mass is 412 g/mol. The first-order chi connectivity index (χ1) is 14.4. The minimum absolute atomic E-state index is 0.167. The molecule has 4 nitrogen and oxygen atoms in total. The molecule has 0 amide bonds. The maximum absolute atomic E-state index is 13.0. The van der Waals surface area contributed by atoms with E-state index in [0.29, 0.717) is 0 Å². The molecule has 0 saturated carbocycles. The van der Waals surface area contributed by atoms with Crippen LogP contribution in [0.15, 0.2) is 67.1 Å². The van der Waals surface area contributed by atoms with Gasteiger partial charge in [-0.1, -0.05) is 0 Å². The summed E-state index contributed by atoms with van der Waals surface area (Å²) >= 11 is 0. The lowest BCUT2D eigenvalue weighted by Gasteiger charge is -2.40. The number of rotatable bonds is 4. The fourth-order valence-corrected chi connectivity index (χ4v) is 3.91. The highest BCUT2D eigenvalue weighted by Gasteiger charge is 2.31. The number of hydrogen-bond acceptors (Lipinski definition) is 4. The van der Waals surface area contributed by atoms with Crippen LogP contribution in [0.5, 0.6) is 0 Å². The van der Waals surface area contributed by atoms with Gasteiger partial charge in [-0.05, 0) is 68.3 Å². The number of anilines is 3. The van der Waals surface area contributed by atoms with Gasteiger partial charge in [0.2, 0.25) is 0 Å². The summed E-state index contributed by atoms with van der Waals surface area (Å²) in [6.07, 6.45) is 2.76. The van der Waals surface area contributed by atoms with Gasteiger partial charge < -0.3 is 9.80 Å². The second-order valence-corrected chi connectivity index (χ2v) is 7.50. The Labute approximate surface area is 174 Å². The summed E-state index contributed by atoms with van der Waals surface area (Å²) in [6, 6.07) is 13.4. The number of aryl methyl sites for hydroxylation is 1. The van der Waals surface area contributed by atoms with E-state index in [2.05, 4.69) is 25.8 Å². The van der Waals surface area contributed by atoms with Gasteiger partial charge in [0, 0.05) is 36.7 Å². The van der Waals surface area contributed by atoms with E-state index in [1.165, 1.54) is 0 Å². The molecule has 0 spiro atoms. The summed E-state index contributed by atoms with van der Waals surface area (Å²) < 4.78 is 39.0. The van der Waals surface area contributed by atoms with E-state index < -0.39 is 11.7 Å². The predicted octanol–water partition coefficient (Wildman–Crippen LogP) is 5.61. The number of hydrogen-bond donors (Lipinski definition) is 0. The summed E-state index contributed by atoms with van der Waals surface area (Å²) in [4.78, 5) is 13.0. The van der Waals surface area contributed by atoms with Crippen molar-refractivity contribution in [1.82, 2.24) is 9.97 Å². The summed E-state index contributed by atoms with van der Waals surface area (Å²) in [5, 5.41) is 0. The first-order valence-corrected chi connectivity index (χ1v) is 9.96. The van der Waals surface area contributed by atoms with Crippen LogP contribution in [0.4, 0.5) is 30.2 Å². The highest BCUT2D eigenvalue weighted by atomic mass is 19.4. The zero-order valence-corrected chi connectivity index (χ0v) is 16.7. The van der Waals surface area contributed by atoms with Gasteiger partial charge >= 0.3 is 6.18 Å². The summed E-state index contributed by atoms with van der Waals surface area (Å²) in [7, 11) is 0. The lowest BCUT2D eigenvalue weighted by Crippen LogP contribution is -2.43. The smallest absolute Gasteiger partial charge is 0.370 e. The van der Waals surface area contributed by atoms with E-state index in [0.717, 1.165) is 60.8 Å². The zero-order chi connectivity index (χ0) is 21.1. The molecule has 1 aromatic carbocycles. The first kappa shape index (κ1) is 20.2. The Morgan fingerprint density at radius 3 is 2.23 bits per heavy atom. The molecule has 156 valence electrons. The molecule has 2 aromatic heterocycles. The molecule has 0 N–H and O–H groups in total. The fraction of sp³-hybridized carbons (Fsp3) is 0.304. The van der Waals surface area contributed by atoms with Crippen molar-refractivity contribution in [2.24, 2.45) is 0 Å². The van der Waals surface area contributed by atoms with Crippen molar-refractivity contribution in [3.63, 3.8) is 0 Å². The van der Waals surface area contributed by atoms with Crippen molar-refractivity contribution in [1.29, 1.82) is 0 Å². The van der Waals surface area contributed by atoms with Gasteiger partial charge in [0.05, 0.1) is 29.3 Å². The lowest BCUT2D eigenvalue weighted by molar-refractivity contribution is -0.137. The standard InChI is InChI=1S/C23H23F3N4/c1-17-4-7-21(16-28-17)29-13-10-20(11-14-29)30(22-3-2-12-27-15-22)19-8-5-18(6-9-19)23(24,25)26/h2-9,12,15-16,20H,10-11,13-14H2,1H3. The number of halogens is 3. The maximum atomic E-state index is 13.0. The van der Waals surface area contributed by atoms with Gasteiger partial charge in [0.25, 0.3) is 0 Å². The highest BCUT2D eigenvalue weighted by Crippen LogP contribution is 2.35. The average molecular weight is 412 g/mol. The second kappa shape index (κ2) is 8.34. The molecular formula is C23H23F3N4. The molecule has 0 unspecified atom stereocenters. The van der Waals surface area contributed by atoms with Crippen LogP contribution in [0.3, 0.4) is 0 Å². The van der Waals surface area contributed by atoms with Crippen molar-refractivity contribution in [2.45, 2.75) is 32.0 Å². The third kappa shape index (κ3) is 4.40. The van der Waals surface area contributed by atoms with Crippen molar-refractivity contribution < 1.29 is 13.2 Å². The van der Waals surface area contributed by atoms with E-state index in [9.17, 15) is 13.2 Å². The summed E-state index contributed by atoms with van der Waals surface area (Å²) in [5.74, 6) is 0. The van der Waals surface area contributed by atoms with Crippen LogP contribution >= 0.6 is 0 Å². The Morgan fingerprint density at radius 2 is 1.67 bits per heavy atom. The maximum Gasteiger partial charge on any atom is 0.416 e. The van der Waals surface area contributed by atoms with Gasteiger partial charge in [-0.15, -0.1) is 0 Å². The molecule has 4 rings (SSSR count). The molecule has 3 aromatic rings. The minimum Gasteiger partial charge on any atom is -0.370 e. The van der Waals surface area contributed by atoms with E-state index in [1.54, 1.807) is 24.5 Å². The topological polar surface area (TPSA) is 32.3 Å². The van der Waals surface area contributed by atoms with Gasteiger partial charge in [-0.25, -0.2) is 0 Å². The predicted molar refractivity (Wildman–Crippen MR) is 112 cm³/mol. The molecule has 1 saturated heterocycles. The lowest BCUT2D eigenvalue weighted by atomic mass is 10.0. The van der Waals surface area contributed by atoms with Crippen molar-refractivity contribution in [3.05, 3.63) is 78.4 Å². The van der Waals surface area contributed by atoms with Crippen molar-refractivity contribution in [2.75, 3.05) is 22.9 Å². The Kier molecular flexibility index (Phi) is 5.61. The molecule has 0 radical (unpaired) electrons. The van der Waals surface area contributed by atoms with Crippen LogP contribution < -0.4 is 9.80 Å². The Morgan fingerprint density at radius 1 is 0.933 bits per heavy atom. The molecule has 1 aliphatic rings. The summed E-state index contributed by atoms with van der Waals surface area (Å²) in [5.41, 5.74) is 3.07. The number of benzene rings is 1. The molecule has 1 fully saturated rings. The third-order valence-electron chi connectivity index (χ3n) is 5.49. The average Bonchev–Trinajstić information content (AvgIpc) is 2.76. The zero-order valence-electron chi connectivity index (χ0n) is 16.7. The normalized spacial score (nSPS) is 15.3. The van der Waals surface area contributed by atoms with Crippen molar-refractivity contribution in [3.8, 4) is 0 Å². The van der Waals surface area contributed by atoms with E-state index in [4.69, 9.17) is 0 Å². The van der Waals surface area contributed by atoms with Gasteiger partial charge in [0.1, 0.15) is 0 Å². The largest absolute Gasteiger partial charge is 0.416 e. The highest BCUT2D eigenvalue weighted by molar-refractivity contribution is 5.64. The minimum atomic E-state index is -4.34. The molecular weight excluding hydrogens is 389 g/mol. The molecule has 0 atom stereocenters. The van der Waals surface area contributed by atoms with E-state index in [-0.39, 0.29) is 6.04 Å². The second-order valence-electron chi connectivity index (χ2n) is 7.50. The third-order valence-corrected chi connectivity index (χ3v) is 5.49. The number of pyridine rings is 2. The molecule has 0 bridgehead atoms. The molecule has 3 heterocycles. The molecule has 30 heavy (non-hydrogen) atoms. The SMILES string of the molecule is Cc1ccc(N2CCC(N(c3ccc(C(F)(F)F)cc3)c3cccnc3)CC2)cn1.